The number of nitrogens with one attached hydrogen (secondary N) is 2. The number of aromatic nitrogens is 3. The zero-order chi connectivity index (χ0) is 19.2. The number of nitrogens with zero attached hydrogens (tertiary/aromatic N) is 4. The highest BCUT2D eigenvalue weighted by Crippen LogP contribution is 2.20. The lowest BCUT2D eigenvalue weighted by Crippen LogP contribution is -2.50. The molecule has 8 heteroatoms. The molecule has 1 aliphatic rings. The molecule has 1 saturated heterocycles. The third-order valence-electron chi connectivity index (χ3n) is 5.02. The second-order valence-corrected chi connectivity index (χ2v) is 6.88. The van der Waals surface area contributed by atoms with E-state index in [1.54, 1.807) is 4.90 Å². The lowest BCUT2D eigenvalue weighted by Gasteiger charge is -2.33. The lowest BCUT2D eigenvalue weighted by atomic mass is 9.99. The maximum absolute atomic E-state index is 12.3. The molecular formula is C19H26N6O2. The molecule has 1 fully saturated rings. The second kappa shape index (κ2) is 8.77. The first kappa shape index (κ1) is 19.0. The summed E-state index contributed by atoms with van der Waals surface area (Å²) in [7, 11) is 0. The van der Waals surface area contributed by atoms with Crippen LogP contribution < -0.4 is 5.32 Å². The fraction of sp³-hybridized carbons (Fsp3) is 0.474. The molecule has 1 aromatic carbocycles. The maximum atomic E-state index is 12.3. The first-order valence-electron chi connectivity index (χ1n) is 9.33. The maximum Gasteiger partial charge on any atom is 0.291 e. The van der Waals surface area contributed by atoms with Gasteiger partial charge in [0.1, 0.15) is 6.33 Å². The van der Waals surface area contributed by atoms with E-state index in [9.17, 15) is 9.59 Å². The molecule has 0 saturated carbocycles. The van der Waals surface area contributed by atoms with Gasteiger partial charge in [0.15, 0.2) is 0 Å². The molecule has 8 nitrogen and oxygen atoms in total. The first-order valence-corrected chi connectivity index (χ1v) is 9.33. The molecule has 0 aliphatic carbocycles. The van der Waals surface area contributed by atoms with Gasteiger partial charge in [0.2, 0.25) is 11.7 Å². The number of carbonyl (C=O) groups excluding carboxylic acids is 2. The van der Waals surface area contributed by atoms with Crippen LogP contribution in [0.1, 0.15) is 42.4 Å². The predicted molar refractivity (Wildman–Crippen MR) is 103 cm³/mol. The van der Waals surface area contributed by atoms with Crippen molar-refractivity contribution in [3.05, 3.63) is 42.0 Å². The molecule has 2 heterocycles. The fourth-order valence-corrected chi connectivity index (χ4v) is 3.10. The van der Waals surface area contributed by atoms with Crippen molar-refractivity contribution in [1.29, 1.82) is 0 Å². The van der Waals surface area contributed by atoms with E-state index in [0.29, 0.717) is 38.6 Å². The third kappa shape index (κ3) is 4.91. The molecule has 1 aromatic heterocycles. The summed E-state index contributed by atoms with van der Waals surface area (Å²) in [5.41, 5.74) is 2.09. The van der Waals surface area contributed by atoms with Crippen molar-refractivity contribution in [2.45, 2.75) is 26.2 Å². The molecule has 2 N–H and O–H groups in total. The Balaban J connectivity index is 1.45. The zero-order valence-corrected chi connectivity index (χ0v) is 15.8. The van der Waals surface area contributed by atoms with Crippen molar-refractivity contribution in [3.8, 4) is 0 Å². The normalized spacial score (nSPS) is 16.1. The Morgan fingerprint density at radius 1 is 1.19 bits per heavy atom. The third-order valence-corrected chi connectivity index (χ3v) is 5.02. The van der Waals surface area contributed by atoms with Crippen molar-refractivity contribution in [1.82, 2.24) is 25.0 Å². The quantitative estimate of drug-likeness (QED) is 0.807. The Morgan fingerprint density at radius 2 is 1.89 bits per heavy atom. The predicted octanol–water partition coefficient (Wildman–Crippen LogP) is 1.71. The number of hydrogen-bond acceptors (Lipinski definition) is 5. The number of aromatic amines is 1. The molecule has 0 spiro atoms. The van der Waals surface area contributed by atoms with E-state index in [-0.39, 0.29) is 17.6 Å². The summed E-state index contributed by atoms with van der Waals surface area (Å²) in [6, 6.07) is 8.04. The van der Waals surface area contributed by atoms with E-state index in [4.69, 9.17) is 0 Å². The number of anilines is 1. The molecule has 2 amide bonds. The van der Waals surface area contributed by atoms with E-state index in [2.05, 4.69) is 46.5 Å². The second-order valence-electron chi connectivity index (χ2n) is 6.88. The van der Waals surface area contributed by atoms with Gasteiger partial charge in [-0.3, -0.25) is 19.6 Å². The summed E-state index contributed by atoms with van der Waals surface area (Å²) in [5.74, 6) is 0.576. The van der Waals surface area contributed by atoms with Crippen molar-refractivity contribution in [3.63, 3.8) is 0 Å². The van der Waals surface area contributed by atoms with Crippen molar-refractivity contribution < 1.29 is 9.59 Å². The minimum atomic E-state index is -0.155. The molecule has 1 aliphatic heterocycles. The molecule has 1 atom stereocenters. The molecule has 27 heavy (non-hydrogen) atoms. The summed E-state index contributed by atoms with van der Waals surface area (Å²) in [6.07, 6.45) is 2.42. The Kier molecular flexibility index (Phi) is 6.18. The van der Waals surface area contributed by atoms with Gasteiger partial charge in [-0.05, 0) is 30.0 Å². The van der Waals surface area contributed by atoms with Gasteiger partial charge < -0.3 is 10.2 Å². The van der Waals surface area contributed by atoms with Gasteiger partial charge in [-0.25, -0.2) is 4.98 Å². The van der Waals surface area contributed by atoms with E-state index in [1.165, 1.54) is 11.9 Å². The smallest absolute Gasteiger partial charge is 0.291 e. The molecule has 144 valence electrons. The summed E-state index contributed by atoms with van der Waals surface area (Å²) in [5, 5.41) is 9.24. The molecular weight excluding hydrogens is 344 g/mol. The minimum Gasteiger partial charge on any atom is -0.333 e. The van der Waals surface area contributed by atoms with Gasteiger partial charge in [-0.15, -0.1) is 0 Å². The van der Waals surface area contributed by atoms with Crippen LogP contribution in [0, 0.1) is 0 Å². The van der Waals surface area contributed by atoms with Crippen LogP contribution in [-0.4, -0.2) is 69.5 Å². The van der Waals surface area contributed by atoms with Gasteiger partial charge in [-0.2, -0.15) is 5.10 Å². The monoisotopic (exact) mass is 370 g/mol. The number of H-pyrrole nitrogens is 1. The van der Waals surface area contributed by atoms with Crippen LogP contribution in [0.3, 0.4) is 0 Å². The van der Waals surface area contributed by atoms with Crippen molar-refractivity contribution in [2.24, 2.45) is 0 Å². The summed E-state index contributed by atoms with van der Waals surface area (Å²) in [4.78, 5) is 32.2. The standard InChI is InChI=1S/C19H26N6O2/c1-3-14(2)15-4-6-16(7-5-15)22-17(26)12-24-8-10-25(11-9-24)19(27)18-20-13-21-23-18/h4-7,13-14H,3,8-12H2,1-2H3,(H,22,26)(H,20,21,23). The molecule has 0 bridgehead atoms. The van der Waals surface area contributed by atoms with Crippen LogP contribution in [0.25, 0.3) is 0 Å². The number of hydrogen-bond donors (Lipinski definition) is 2. The van der Waals surface area contributed by atoms with E-state index in [1.807, 2.05) is 17.0 Å². The zero-order valence-electron chi connectivity index (χ0n) is 15.8. The van der Waals surface area contributed by atoms with Crippen molar-refractivity contribution >= 4 is 17.5 Å². The Labute approximate surface area is 159 Å². The number of benzene rings is 1. The van der Waals surface area contributed by atoms with E-state index < -0.39 is 0 Å². The number of piperazine rings is 1. The van der Waals surface area contributed by atoms with Gasteiger partial charge in [0.25, 0.3) is 5.91 Å². The summed E-state index contributed by atoms with van der Waals surface area (Å²) < 4.78 is 0. The number of rotatable bonds is 6. The largest absolute Gasteiger partial charge is 0.333 e. The van der Waals surface area contributed by atoms with Gasteiger partial charge >= 0.3 is 0 Å². The number of carbonyl (C=O) groups is 2. The van der Waals surface area contributed by atoms with Gasteiger partial charge in [-0.1, -0.05) is 26.0 Å². The summed E-state index contributed by atoms with van der Waals surface area (Å²) >= 11 is 0. The first-order chi connectivity index (χ1) is 13.1. The Bertz CT molecular complexity index is 751. The lowest BCUT2D eigenvalue weighted by molar-refractivity contribution is -0.117. The van der Waals surface area contributed by atoms with Gasteiger partial charge in [0, 0.05) is 31.9 Å². The highest BCUT2D eigenvalue weighted by Gasteiger charge is 2.24. The molecule has 3 rings (SSSR count). The topological polar surface area (TPSA) is 94.2 Å². The highest BCUT2D eigenvalue weighted by molar-refractivity contribution is 5.92. The molecule has 0 radical (unpaired) electrons. The molecule has 1 unspecified atom stereocenters. The van der Waals surface area contributed by atoms with E-state index in [0.717, 1.165) is 12.1 Å². The fourth-order valence-electron chi connectivity index (χ4n) is 3.10. The SMILES string of the molecule is CCC(C)c1ccc(NC(=O)CN2CCN(C(=O)c3ncn[nH]3)CC2)cc1. The number of amides is 2. The van der Waals surface area contributed by atoms with E-state index >= 15 is 0 Å². The van der Waals surface area contributed by atoms with Gasteiger partial charge in [0.05, 0.1) is 6.54 Å². The van der Waals surface area contributed by atoms with Crippen LogP contribution >= 0.6 is 0 Å². The minimum absolute atomic E-state index is 0.0405. The van der Waals surface area contributed by atoms with Crippen molar-refractivity contribution in [2.75, 3.05) is 38.0 Å². The average molecular weight is 370 g/mol. The Morgan fingerprint density at radius 3 is 2.48 bits per heavy atom. The summed E-state index contributed by atoms with van der Waals surface area (Å²) in [6.45, 7) is 7.12. The van der Waals surface area contributed by atoms with Crippen LogP contribution in [0.5, 0.6) is 0 Å². The van der Waals surface area contributed by atoms with Crippen LogP contribution in [0.15, 0.2) is 30.6 Å². The van der Waals surface area contributed by atoms with Crippen LogP contribution in [-0.2, 0) is 4.79 Å². The highest BCUT2D eigenvalue weighted by atomic mass is 16.2. The average Bonchev–Trinajstić information content (AvgIpc) is 3.23. The van der Waals surface area contributed by atoms with Crippen LogP contribution in [0.2, 0.25) is 0 Å². The molecule has 2 aromatic rings. The Hall–Kier alpha value is -2.74. The van der Waals surface area contributed by atoms with Crippen LogP contribution in [0.4, 0.5) is 5.69 Å².